The van der Waals surface area contributed by atoms with E-state index >= 15 is 0 Å². The van der Waals surface area contributed by atoms with Crippen LogP contribution in [0, 0.1) is 0 Å². The summed E-state index contributed by atoms with van der Waals surface area (Å²) in [6, 6.07) is 0. The smallest absolute Gasteiger partial charge is 0.306 e. The third-order valence-electron chi connectivity index (χ3n) is 1.61. The molecule has 0 aliphatic heterocycles. The molecule has 0 fully saturated rings. The third-order valence-corrected chi connectivity index (χ3v) is 4.39. The highest BCUT2D eigenvalue weighted by molar-refractivity contribution is 8.02. The molecular weight excluding hydrogens is 243 g/mol. The monoisotopic (exact) mass is 266 g/mol. The van der Waals surface area contributed by atoms with Gasteiger partial charge in [-0.25, -0.2) is 0 Å². The van der Waals surface area contributed by atoms with E-state index in [9.17, 15) is 4.57 Å². The summed E-state index contributed by atoms with van der Waals surface area (Å²) in [5.74, 6) is 2.61. The van der Waals surface area contributed by atoms with Gasteiger partial charge < -0.3 is 9.05 Å². The Morgan fingerprint density at radius 3 is 2.06 bits per heavy atom. The normalized spacial score (nSPS) is 12.4. The first-order chi connectivity index (χ1) is 7.68. The lowest BCUT2D eigenvalue weighted by molar-refractivity contribution is 0.212. The largest absolute Gasteiger partial charge is 0.354 e. The molecule has 0 bridgehead atoms. The van der Waals surface area contributed by atoms with Crippen LogP contribution in [0.5, 0.6) is 0 Å². The molecule has 16 heavy (non-hydrogen) atoms. The summed E-state index contributed by atoms with van der Waals surface area (Å²) in [7, 11) is -2.99. The molecule has 0 saturated carbocycles. The van der Waals surface area contributed by atoms with Crippen LogP contribution < -0.4 is 0 Å². The maximum absolute atomic E-state index is 12.1. The van der Waals surface area contributed by atoms with Crippen LogP contribution in [0.4, 0.5) is 0 Å². The van der Waals surface area contributed by atoms with E-state index in [0.29, 0.717) is 13.2 Å². The van der Waals surface area contributed by atoms with E-state index in [1.807, 2.05) is 19.3 Å². The van der Waals surface area contributed by atoms with Gasteiger partial charge in [-0.15, -0.1) is 11.8 Å². The lowest BCUT2D eigenvalue weighted by atomic mass is 10.5. The predicted molar refractivity (Wildman–Crippen MR) is 72.0 cm³/mol. The summed E-state index contributed by atoms with van der Waals surface area (Å²) < 4.78 is 22.7. The van der Waals surface area contributed by atoms with Crippen molar-refractivity contribution in [3.05, 3.63) is 11.2 Å². The molecule has 5 heteroatoms. The Morgan fingerprint density at radius 2 is 1.62 bits per heavy atom. The van der Waals surface area contributed by atoms with Crippen LogP contribution in [-0.2, 0) is 13.6 Å². The second-order valence-corrected chi connectivity index (χ2v) is 6.27. The molecule has 0 spiro atoms. The highest BCUT2D eigenvalue weighted by Gasteiger charge is 2.19. The van der Waals surface area contributed by atoms with Gasteiger partial charge in [0.1, 0.15) is 0 Å². The van der Waals surface area contributed by atoms with E-state index in [4.69, 9.17) is 9.05 Å². The lowest BCUT2D eigenvalue weighted by Crippen LogP contribution is -1.95. The van der Waals surface area contributed by atoms with Crippen LogP contribution in [0.2, 0.25) is 0 Å². The first-order valence-electron chi connectivity index (χ1n) is 5.86. The van der Waals surface area contributed by atoms with Crippen molar-refractivity contribution in [1.29, 1.82) is 0 Å². The predicted octanol–water partition coefficient (Wildman–Crippen LogP) is 4.65. The molecular formula is C11H23O3PS. The number of hydrogen-bond donors (Lipinski definition) is 0. The van der Waals surface area contributed by atoms with Crippen molar-refractivity contribution < 1.29 is 13.6 Å². The fraction of sp³-hybridized carbons (Fsp3) is 0.818. The fourth-order valence-electron chi connectivity index (χ4n) is 0.864. The minimum atomic E-state index is -2.99. The molecule has 0 saturated heterocycles. The molecule has 0 N–H and O–H groups in total. The summed E-state index contributed by atoms with van der Waals surface area (Å²) >= 11 is 1.63. The van der Waals surface area contributed by atoms with Crippen LogP contribution in [0.3, 0.4) is 0 Å². The van der Waals surface area contributed by atoms with Gasteiger partial charge in [-0.2, -0.15) is 0 Å². The molecule has 96 valence electrons. The Morgan fingerprint density at radius 1 is 1.06 bits per heavy atom. The molecule has 0 aromatic heterocycles. The van der Waals surface area contributed by atoms with Crippen LogP contribution in [0.25, 0.3) is 0 Å². The molecule has 0 aromatic rings. The average Bonchev–Trinajstić information content (AvgIpc) is 2.30. The van der Waals surface area contributed by atoms with Crippen molar-refractivity contribution in [2.45, 2.75) is 40.0 Å². The van der Waals surface area contributed by atoms with E-state index in [1.165, 1.54) is 0 Å². The van der Waals surface area contributed by atoms with Gasteiger partial charge in [-0.1, -0.05) is 20.8 Å². The summed E-state index contributed by atoms with van der Waals surface area (Å²) in [4.78, 5) is 0. The van der Waals surface area contributed by atoms with Gasteiger partial charge in [-0.3, -0.25) is 4.57 Å². The highest BCUT2D eigenvalue weighted by atomic mass is 32.2. The SMILES string of the molecule is CCCOP(=O)(/C=C/SCCC)OCCC. The zero-order valence-corrected chi connectivity index (χ0v) is 12.2. The third kappa shape index (κ3) is 8.40. The van der Waals surface area contributed by atoms with Crippen LogP contribution >= 0.6 is 19.4 Å². The van der Waals surface area contributed by atoms with E-state index in [0.717, 1.165) is 25.0 Å². The maximum atomic E-state index is 12.1. The van der Waals surface area contributed by atoms with Crippen molar-refractivity contribution in [2.24, 2.45) is 0 Å². The van der Waals surface area contributed by atoms with Gasteiger partial charge >= 0.3 is 7.60 Å². The second-order valence-electron chi connectivity index (χ2n) is 3.36. The zero-order valence-electron chi connectivity index (χ0n) is 10.5. The van der Waals surface area contributed by atoms with Crippen molar-refractivity contribution in [3.8, 4) is 0 Å². The van der Waals surface area contributed by atoms with Gasteiger partial charge in [-0.05, 0) is 30.4 Å². The van der Waals surface area contributed by atoms with Gasteiger partial charge in [0.2, 0.25) is 0 Å². The minimum absolute atomic E-state index is 0.476. The molecule has 0 atom stereocenters. The number of hydrogen-bond acceptors (Lipinski definition) is 4. The van der Waals surface area contributed by atoms with Gasteiger partial charge in [0.05, 0.1) is 13.2 Å². The highest BCUT2D eigenvalue weighted by Crippen LogP contribution is 2.50. The van der Waals surface area contributed by atoms with Crippen LogP contribution in [0.1, 0.15) is 40.0 Å². The molecule has 0 amide bonds. The van der Waals surface area contributed by atoms with E-state index in [-0.39, 0.29) is 0 Å². The fourth-order valence-corrected chi connectivity index (χ4v) is 3.30. The summed E-state index contributed by atoms with van der Waals surface area (Å²) in [5.41, 5.74) is 0. The van der Waals surface area contributed by atoms with E-state index in [1.54, 1.807) is 17.6 Å². The molecule has 3 nitrogen and oxygen atoms in total. The molecule has 0 aliphatic carbocycles. The summed E-state index contributed by atoms with van der Waals surface area (Å²) in [6.07, 6.45) is 2.79. The molecule has 0 rings (SSSR count). The summed E-state index contributed by atoms with van der Waals surface area (Å²) in [5, 5.41) is 1.83. The molecule has 0 aromatic carbocycles. The van der Waals surface area contributed by atoms with E-state index in [2.05, 4.69) is 6.92 Å². The molecule has 0 aliphatic rings. The first kappa shape index (κ1) is 16.2. The average molecular weight is 266 g/mol. The first-order valence-corrected chi connectivity index (χ1v) is 8.52. The Hall–Kier alpha value is 0.240. The summed E-state index contributed by atoms with van der Waals surface area (Å²) in [6.45, 7) is 7.04. The lowest BCUT2D eigenvalue weighted by Gasteiger charge is -2.14. The Kier molecular flexibility index (Phi) is 10.6. The second kappa shape index (κ2) is 10.4. The van der Waals surface area contributed by atoms with Crippen molar-refractivity contribution >= 4 is 19.4 Å². The Balaban J connectivity index is 4.17. The van der Waals surface area contributed by atoms with Crippen molar-refractivity contribution in [2.75, 3.05) is 19.0 Å². The molecule has 0 heterocycles. The Bertz CT molecular complexity index is 219. The standard InChI is InChI=1S/C11H23O3PS/c1-4-7-13-15(12,14-8-5-2)9-11-16-10-6-3/h9,11H,4-8,10H2,1-3H3/b11-9+. The van der Waals surface area contributed by atoms with Crippen molar-refractivity contribution in [1.82, 2.24) is 0 Å². The topological polar surface area (TPSA) is 35.5 Å². The minimum Gasteiger partial charge on any atom is -0.306 e. The zero-order chi connectivity index (χ0) is 12.3. The molecule has 0 radical (unpaired) electrons. The van der Waals surface area contributed by atoms with Gasteiger partial charge in [0, 0.05) is 5.82 Å². The van der Waals surface area contributed by atoms with Gasteiger partial charge in [0.25, 0.3) is 0 Å². The van der Waals surface area contributed by atoms with E-state index < -0.39 is 7.60 Å². The number of thioether (sulfide) groups is 1. The van der Waals surface area contributed by atoms with Gasteiger partial charge in [0.15, 0.2) is 0 Å². The molecule has 0 unspecified atom stereocenters. The quantitative estimate of drug-likeness (QED) is 0.426. The van der Waals surface area contributed by atoms with Crippen LogP contribution in [-0.4, -0.2) is 19.0 Å². The van der Waals surface area contributed by atoms with Crippen molar-refractivity contribution in [3.63, 3.8) is 0 Å². The van der Waals surface area contributed by atoms with Crippen LogP contribution in [0.15, 0.2) is 11.2 Å². The maximum Gasteiger partial charge on any atom is 0.354 e. The number of rotatable bonds is 10. The Labute approximate surface area is 104 Å².